The van der Waals surface area contributed by atoms with Crippen LogP contribution in [0.1, 0.15) is 11.7 Å². The van der Waals surface area contributed by atoms with E-state index >= 15 is 0 Å². The summed E-state index contributed by atoms with van der Waals surface area (Å²) in [4.78, 5) is 3.58. The lowest BCUT2D eigenvalue weighted by Crippen LogP contribution is -2.06. The highest BCUT2D eigenvalue weighted by molar-refractivity contribution is 14.1. The summed E-state index contributed by atoms with van der Waals surface area (Å²) in [6, 6.07) is 1.75. The van der Waals surface area contributed by atoms with Crippen molar-refractivity contribution < 1.29 is 13.9 Å². The molecule has 1 unspecified atom stereocenters. The van der Waals surface area contributed by atoms with Crippen LogP contribution < -0.4 is 0 Å². The van der Waals surface area contributed by atoms with Crippen LogP contribution >= 0.6 is 22.6 Å². The van der Waals surface area contributed by atoms with Crippen LogP contribution in [0.5, 0.6) is 0 Å². The van der Waals surface area contributed by atoms with Crippen LogP contribution in [0.25, 0.3) is 0 Å². The summed E-state index contributed by atoms with van der Waals surface area (Å²) >= 11 is 2.06. The molecule has 1 aromatic heterocycles. The first-order valence-corrected chi connectivity index (χ1v) is 4.86. The largest absolute Gasteiger partial charge is 0.352 e. The average molecular weight is 295 g/mol. The Morgan fingerprint density at radius 3 is 3.08 bits per heavy atom. The Morgan fingerprint density at radius 2 is 2.46 bits per heavy atom. The lowest BCUT2D eigenvalue weighted by Gasteiger charge is -2.09. The minimum Gasteiger partial charge on any atom is -0.352 e. The Labute approximate surface area is 88.4 Å². The highest BCUT2D eigenvalue weighted by atomic mass is 127. The second-order valence-electron chi connectivity index (χ2n) is 2.64. The van der Waals surface area contributed by atoms with Gasteiger partial charge in [0.15, 0.2) is 0 Å². The summed E-state index contributed by atoms with van der Waals surface area (Å²) in [7, 11) is 0. The third kappa shape index (κ3) is 1.82. The van der Waals surface area contributed by atoms with Crippen molar-refractivity contribution in [3.05, 3.63) is 27.3 Å². The van der Waals surface area contributed by atoms with Crippen LogP contribution in [0.2, 0.25) is 0 Å². The Hall–Kier alpha value is -0.270. The van der Waals surface area contributed by atoms with Crippen molar-refractivity contribution in [2.24, 2.45) is 0 Å². The third-order valence-electron chi connectivity index (χ3n) is 1.83. The van der Waals surface area contributed by atoms with Gasteiger partial charge in [0, 0.05) is 9.77 Å². The maximum atomic E-state index is 13.3. The molecule has 0 aromatic carbocycles. The molecule has 0 saturated carbocycles. The fraction of sp³-hybridized carbons (Fsp3) is 0.375. The third-order valence-corrected chi connectivity index (χ3v) is 2.77. The minimum atomic E-state index is -0.470. The maximum absolute atomic E-state index is 13.3. The predicted octanol–water partition coefficient (Wildman–Crippen LogP) is 1.87. The van der Waals surface area contributed by atoms with Gasteiger partial charge in [0.1, 0.15) is 12.9 Å². The van der Waals surface area contributed by atoms with Gasteiger partial charge in [0.05, 0.1) is 12.2 Å². The highest BCUT2D eigenvalue weighted by Gasteiger charge is 2.24. The van der Waals surface area contributed by atoms with E-state index in [9.17, 15) is 4.39 Å². The van der Waals surface area contributed by atoms with Gasteiger partial charge in [0.2, 0.25) is 5.95 Å². The molecule has 0 spiro atoms. The molecule has 2 rings (SSSR count). The van der Waals surface area contributed by atoms with E-state index in [4.69, 9.17) is 9.47 Å². The molecule has 1 atom stereocenters. The molecule has 0 amide bonds. The zero-order chi connectivity index (χ0) is 9.26. The van der Waals surface area contributed by atoms with Crippen molar-refractivity contribution >= 4 is 22.6 Å². The summed E-state index contributed by atoms with van der Waals surface area (Å²) in [5, 5.41) is 0. The molecule has 3 nitrogen and oxygen atoms in total. The van der Waals surface area contributed by atoms with Crippen LogP contribution in [0, 0.1) is 9.52 Å². The zero-order valence-electron chi connectivity index (χ0n) is 6.67. The number of hydrogen-bond donors (Lipinski definition) is 0. The summed E-state index contributed by atoms with van der Waals surface area (Å²) < 4.78 is 24.3. The second-order valence-corrected chi connectivity index (χ2v) is 3.80. The minimum absolute atomic E-state index is 0.231. The van der Waals surface area contributed by atoms with Gasteiger partial charge in [-0.3, -0.25) is 0 Å². The smallest absolute Gasteiger partial charge is 0.219 e. The van der Waals surface area contributed by atoms with Crippen molar-refractivity contribution in [2.45, 2.75) is 6.10 Å². The molecule has 2 heterocycles. The molecule has 1 aliphatic heterocycles. The molecule has 1 aromatic rings. The van der Waals surface area contributed by atoms with E-state index in [2.05, 4.69) is 27.6 Å². The van der Waals surface area contributed by atoms with Crippen molar-refractivity contribution in [3.63, 3.8) is 0 Å². The number of ether oxygens (including phenoxy) is 2. The Kier molecular flexibility index (Phi) is 2.75. The quantitative estimate of drug-likeness (QED) is 0.585. The summed E-state index contributed by atoms with van der Waals surface area (Å²) in [6.07, 6.45) is 1.14. The molecule has 13 heavy (non-hydrogen) atoms. The molecular weight excluding hydrogens is 288 g/mol. The van der Waals surface area contributed by atoms with E-state index in [1.807, 2.05) is 0 Å². The van der Waals surface area contributed by atoms with Gasteiger partial charge in [-0.2, -0.15) is 4.39 Å². The molecule has 0 radical (unpaired) electrons. The van der Waals surface area contributed by atoms with Gasteiger partial charge >= 0.3 is 0 Å². The van der Waals surface area contributed by atoms with Crippen LogP contribution in [0.15, 0.2) is 12.3 Å². The van der Waals surface area contributed by atoms with Crippen molar-refractivity contribution in [1.29, 1.82) is 0 Å². The van der Waals surface area contributed by atoms with Gasteiger partial charge < -0.3 is 9.47 Å². The molecule has 70 valence electrons. The second kappa shape index (κ2) is 3.85. The van der Waals surface area contributed by atoms with Crippen LogP contribution in [-0.4, -0.2) is 18.4 Å². The molecule has 0 bridgehead atoms. The van der Waals surface area contributed by atoms with Crippen molar-refractivity contribution in [3.8, 4) is 0 Å². The lowest BCUT2D eigenvalue weighted by molar-refractivity contribution is 0.0453. The molecule has 5 heteroatoms. The number of rotatable bonds is 1. The SMILES string of the molecule is Fc1nccc(I)c1C1COCO1. The van der Waals surface area contributed by atoms with Gasteiger partial charge in [0.25, 0.3) is 0 Å². The maximum Gasteiger partial charge on any atom is 0.219 e. The van der Waals surface area contributed by atoms with E-state index in [0.29, 0.717) is 12.2 Å². The average Bonchev–Trinajstić information content (AvgIpc) is 2.57. The first kappa shape index (κ1) is 9.29. The van der Waals surface area contributed by atoms with E-state index in [-0.39, 0.29) is 12.9 Å². The highest BCUT2D eigenvalue weighted by Crippen LogP contribution is 2.27. The molecule has 0 N–H and O–H groups in total. The Balaban J connectivity index is 2.37. The number of aromatic nitrogens is 1. The predicted molar refractivity (Wildman–Crippen MR) is 51.6 cm³/mol. The van der Waals surface area contributed by atoms with E-state index in [1.54, 1.807) is 6.07 Å². The van der Waals surface area contributed by atoms with Crippen LogP contribution in [0.3, 0.4) is 0 Å². The summed E-state index contributed by atoms with van der Waals surface area (Å²) in [5.74, 6) is -0.470. The number of nitrogens with zero attached hydrogens (tertiary/aromatic N) is 1. The van der Waals surface area contributed by atoms with Gasteiger partial charge in [-0.1, -0.05) is 0 Å². The van der Waals surface area contributed by atoms with Crippen LogP contribution in [-0.2, 0) is 9.47 Å². The van der Waals surface area contributed by atoms with Gasteiger partial charge in [-0.05, 0) is 28.7 Å². The first-order valence-electron chi connectivity index (χ1n) is 3.78. The Bertz CT molecular complexity index is 295. The Morgan fingerprint density at radius 1 is 1.62 bits per heavy atom. The fourth-order valence-corrected chi connectivity index (χ4v) is 1.94. The number of pyridine rings is 1. The van der Waals surface area contributed by atoms with E-state index in [1.165, 1.54) is 6.20 Å². The van der Waals surface area contributed by atoms with E-state index in [0.717, 1.165) is 3.57 Å². The summed E-state index contributed by atoms with van der Waals surface area (Å²) in [6.45, 7) is 0.633. The van der Waals surface area contributed by atoms with Crippen molar-refractivity contribution in [2.75, 3.05) is 13.4 Å². The zero-order valence-corrected chi connectivity index (χ0v) is 8.82. The summed E-state index contributed by atoms with van der Waals surface area (Å²) in [5.41, 5.74) is 0.501. The standard InChI is InChI=1S/C8H7FINO2/c9-8-7(5(10)1-2-11-8)6-3-12-4-13-6/h1-2,6H,3-4H2. The number of hydrogen-bond acceptors (Lipinski definition) is 3. The molecule has 1 aliphatic rings. The molecule has 0 aliphatic carbocycles. The first-order chi connectivity index (χ1) is 6.29. The van der Waals surface area contributed by atoms with Crippen molar-refractivity contribution in [1.82, 2.24) is 4.98 Å². The normalized spacial score (nSPS) is 22.2. The molecule has 1 fully saturated rings. The number of halogens is 2. The van der Waals surface area contributed by atoms with Gasteiger partial charge in [-0.15, -0.1) is 0 Å². The molecular formula is C8H7FINO2. The van der Waals surface area contributed by atoms with Gasteiger partial charge in [-0.25, -0.2) is 4.98 Å². The topological polar surface area (TPSA) is 31.4 Å². The fourth-order valence-electron chi connectivity index (χ4n) is 1.21. The van der Waals surface area contributed by atoms with Crippen LogP contribution in [0.4, 0.5) is 4.39 Å². The monoisotopic (exact) mass is 295 g/mol. The van der Waals surface area contributed by atoms with E-state index < -0.39 is 5.95 Å². The lowest BCUT2D eigenvalue weighted by atomic mass is 10.2. The molecule has 1 saturated heterocycles.